The van der Waals surface area contributed by atoms with Crippen molar-refractivity contribution >= 4 is 5.78 Å². The first-order chi connectivity index (χ1) is 11.1. The van der Waals surface area contributed by atoms with Gasteiger partial charge in [0, 0.05) is 5.56 Å². The Morgan fingerprint density at radius 1 is 0.826 bits per heavy atom. The Morgan fingerprint density at radius 2 is 1.39 bits per heavy atom. The normalized spacial score (nSPS) is 9.87. The van der Waals surface area contributed by atoms with Gasteiger partial charge in [-0.3, -0.25) is 4.79 Å². The molecule has 0 heterocycles. The second-order valence-corrected chi connectivity index (χ2v) is 4.57. The molecule has 0 aliphatic heterocycles. The molecule has 0 bridgehead atoms. The predicted molar refractivity (Wildman–Crippen MR) is 86.6 cm³/mol. The highest BCUT2D eigenvalue weighted by atomic mass is 16.5. The average molecular weight is 314 g/mol. The standard InChI is InChI=1S/C18H18O5/c1-12(23-16-8-6-5-7-14(16)20-2)18(19)13-9-10-15(21-3)17(11-13)22-4/h5-11H,1H2,2-4H3. The number of rotatable bonds is 7. The van der Waals surface area contributed by atoms with Gasteiger partial charge in [-0.05, 0) is 30.3 Å². The third-order valence-corrected chi connectivity index (χ3v) is 3.20. The number of carbonyl (C=O) groups is 1. The molecule has 23 heavy (non-hydrogen) atoms. The second-order valence-electron chi connectivity index (χ2n) is 4.57. The van der Waals surface area contributed by atoms with Gasteiger partial charge in [0.05, 0.1) is 21.3 Å². The summed E-state index contributed by atoms with van der Waals surface area (Å²) in [5.41, 5.74) is 0.391. The molecule has 2 aromatic rings. The van der Waals surface area contributed by atoms with Crippen molar-refractivity contribution in [3.63, 3.8) is 0 Å². The number of hydrogen-bond acceptors (Lipinski definition) is 5. The molecule has 0 saturated heterocycles. The highest BCUT2D eigenvalue weighted by molar-refractivity contribution is 6.07. The summed E-state index contributed by atoms with van der Waals surface area (Å²) in [5.74, 6) is 1.59. The molecule has 0 aliphatic carbocycles. The second kappa shape index (κ2) is 7.35. The summed E-state index contributed by atoms with van der Waals surface area (Å²) in [7, 11) is 4.57. The lowest BCUT2D eigenvalue weighted by molar-refractivity contribution is 0.0985. The van der Waals surface area contributed by atoms with E-state index in [0.717, 1.165) is 0 Å². The minimum Gasteiger partial charge on any atom is -0.493 e. The number of ketones is 1. The summed E-state index contributed by atoms with van der Waals surface area (Å²) in [6, 6.07) is 11.9. The molecular formula is C18H18O5. The fourth-order valence-electron chi connectivity index (χ4n) is 2.02. The van der Waals surface area contributed by atoms with Crippen LogP contribution in [0.15, 0.2) is 54.8 Å². The molecule has 120 valence electrons. The van der Waals surface area contributed by atoms with E-state index in [9.17, 15) is 4.79 Å². The van der Waals surface area contributed by atoms with Crippen molar-refractivity contribution in [3.05, 3.63) is 60.4 Å². The van der Waals surface area contributed by atoms with E-state index in [0.29, 0.717) is 28.6 Å². The molecular weight excluding hydrogens is 296 g/mol. The summed E-state index contributed by atoms with van der Waals surface area (Å²) >= 11 is 0. The summed E-state index contributed by atoms with van der Waals surface area (Å²) in [6.45, 7) is 3.70. The third-order valence-electron chi connectivity index (χ3n) is 3.20. The maximum absolute atomic E-state index is 12.5. The zero-order valence-corrected chi connectivity index (χ0v) is 13.3. The van der Waals surface area contributed by atoms with Crippen LogP contribution in [0.4, 0.5) is 0 Å². The van der Waals surface area contributed by atoms with Crippen LogP contribution >= 0.6 is 0 Å². The Labute approximate surface area is 135 Å². The first-order valence-electron chi connectivity index (χ1n) is 6.87. The number of allylic oxidation sites excluding steroid dienone is 1. The average Bonchev–Trinajstić information content (AvgIpc) is 2.60. The van der Waals surface area contributed by atoms with Crippen LogP contribution in [0, 0.1) is 0 Å². The zero-order chi connectivity index (χ0) is 16.8. The van der Waals surface area contributed by atoms with Gasteiger partial charge in [-0.1, -0.05) is 18.7 Å². The summed E-state index contributed by atoms with van der Waals surface area (Å²) in [5, 5.41) is 0. The maximum atomic E-state index is 12.5. The van der Waals surface area contributed by atoms with Crippen LogP contribution in [0.5, 0.6) is 23.0 Å². The predicted octanol–water partition coefficient (Wildman–Crippen LogP) is 3.49. The van der Waals surface area contributed by atoms with E-state index in [1.54, 1.807) is 36.4 Å². The summed E-state index contributed by atoms with van der Waals surface area (Å²) in [6.07, 6.45) is 0. The molecule has 0 atom stereocenters. The molecule has 0 radical (unpaired) electrons. The number of carbonyl (C=O) groups excluding carboxylic acids is 1. The number of methoxy groups -OCH3 is 3. The van der Waals surface area contributed by atoms with Gasteiger partial charge in [0.2, 0.25) is 5.78 Å². The molecule has 0 spiro atoms. The molecule has 0 N–H and O–H groups in total. The third kappa shape index (κ3) is 3.63. The first-order valence-corrected chi connectivity index (χ1v) is 6.87. The van der Waals surface area contributed by atoms with Crippen molar-refractivity contribution in [3.8, 4) is 23.0 Å². The lowest BCUT2D eigenvalue weighted by Crippen LogP contribution is -2.09. The molecule has 5 nitrogen and oxygen atoms in total. The van der Waals surface area contributed by atoms with E-state index in [2.05, 4.69) is 6.58 Å². The Hall–Kier alpha value is -2.95. The minimum absolute atomic E-state index is 0.0123. The quantitative estimate of drug-likeness (QED) is 0.445. The van der Waals surface area contributed by atoms with Gasteiger partial charge in [0.15, 0.2) is 28.8 Å². The van der Waals surface area contributed by atoms with Crippen LogP contribution in [0.1, 0.15) is 10.4 Å². The molecule has 2 rings (SSSR count). The van der Waals surface area contributed by atoms with Crippen LogP contribution in [-0.4, -0.2) is 27.1 Å². The van der Waals surface area contributed by atoms with Crippen LogP contribution in [0.3, 0.4) is 0 Å². The highest BCUT2D eigenvalue weighted by Gasteiger charge is 2.16. The lowest BCUT2D eigenvalue weighted by atomic mass is 10.1. The Morgan fingerprint density at radius 3 is 2.00 bits per heavy atom. The molecule has 0 aromatic heterocycles. The van der Waals surface area contributed by atoms with Gasteiger partial charge in [-0.25, -0.2) is 0 Å². The van der Waals surface area contributed by atoms with Gasteiger partial charge >= 0.3 is 0 Å². The van der Waals surface area contributed by atoms with Crippen molar-refractivity contribution in [2.45, 2.75) is 0 Å². The minimum atomic E-state index is -0.350. The van der Waals surface area contributed by atoms with Crippen molar-refractivity contribution in [2.75, 3.05) is 21.3 Å². The zero-order valence-electron chi connectivity index (χ0n) is 13.3. The molecule has 0 unspecified atom stereocenters. The van der Waals surface area contributed by atoms with E-state index >= 15 is 0 Å². The molecule has 2 aromatic carbocycles. The fourth-order valence-corrected chi connectivity index (χ4v) is 2.02. The Balaban J connectivity index is 2.21. The van der Waals surface area contributed by atoms with E-state index in [-0.39, 0.29) is 11.5 Å². The molecule has 0 amide bonds. The van der Waals surface area contributed by atoms with Crippen LogP contribution in [0.25, 0.3) is 0 Å². The van der Waals surface area contributed by atoms with Crippen molar-refractivity contribution in [1.29, 1.82) is 0 Å². The maximum Gasteiger partial charge on any atom is 0.227 e. The molecule has 0 saturated carbocycles. The largest absolute Gasteiger partial charge is 0.493 e. The van der Waals surface area contributed by atoms with Crippen LogP contribution < -0.4 is 18.9 Å². The van der Waals surface area contributed by atoms with Gasteiger partial charge < -0.3 is 18.9 Å². The highest BCUT2D eigenvalue weighted by Crippen LogP contribution is 2.30. The first kappa shape index (κ1) is 16.4. The number of ether oxygens (including phenoxy) is 4. The van der Waals surface area contributed by atoms with Crippen molar-refractivity contribution < 1.29 is 23.7 Å². The van der Waals surface area contributed by atoms with Gasteiger partial charge in [0.25, 0.3) is 0 Å². The number of para-hydroxylation sites is 2. The van der Waals surface area contributed by atoms with E-state index in [1.165, 1.54) is 21.3 Å². The van der Waals surface area contributed by atoms with Crippen molar-refractivity contribution in [2.24, 2.45) is 0 Å². The summed E-state index contributed by atoms with van der Waals surface area (Å²) < 4.78 is 21.1. The van der Waals surface area contributed by atoms with E-state index in [4.69, 9.17) is 18.9 Å². The van der Waals surface area contributed by atoms with Crippen LogP contribution in [0.2, 0.25) is 0 Å². The SMILES string of the molecule is C=C(Oc1ccccc1OC)C(=O)c1ccc(OC)c(OC)c1. The Bertz CT molecular complexity index is 721. The number of Topliss-reactive ketones (excluding diaryl/α,β-unsaturated/α-hetero) is 1. The summed E-state index contributed by atoms with van der Waals surface area (Å²) in [4.78, 5) is 12.5. The monoisotopic (exact) mass is 314 g/mol. The smallest absolute Gasteiger partial charge is 0.227 e. The van der Waals surface area contributed by atoms with Gasteiger partial charge in [-0.15, -0.1) is 0 Å². The van der Waals surface area contributed by atoms with Crippen LogP contribution in [-0.2, 0) is 0 Å². The van der Waals surface area contributed by atoms with E-state index < -0.39 is 0 Å². The molecule has 5 heteroatoms. The number of hydrogen-bond donors (Lipinski definition) is 0. The molecule has 0 aliphatic rings. The molecule has 0 fully saturated rings. The lowest BCUT2D eigenvalue weighted by Gasteiger charge is -2.12. The Kier molecular flexibility index (Phi) is 5.25. The number of benzene rings is 2. The van der Waals surface area contributed by atoms with Gasteiger partial charge in [-0.2, -0.15) is 0 Å². The van der Waals surface area contributed by atoms with E-state index in [1.807, 2.05) is 6.07 Å². The topological polar surface area (TPSA) is 54.0 Å². The fraction of sp³-hybridized carbons (Fsp3) is 0.167. The van der Waals surface area contributed by atoms with Crippen molar-refractivity contribution in [1.82, 2.24) is 0 Å². The van der Waals surface area contributed by atoms with Gasteiger partial charge in [0.1, 0.15) is 0 Å².